The number of rotatable bonds is 9. The summed E-state index contributed by atoms with van der Waals surface area (Å²) in [6, 6.07) is 24.1. The van der Waals surface area contributed by atoms with Crippen LogP contribution in [0.5, 0.6) is 0 Å². The van der Waals surface area contributed by atoms with Crippen molar-refractivity contribution in [3.05, 3.63) is 90.8 Å². The molecule has 0 saturated heterocycles. The minimum absolute atomic E-state index is 0.171. The van der Waals surface area contributed by atoms with Crippen molar-refractivity contribution in [3.8, 4) is 5.69 Å². The van der Waals surface area contributed by atoms with Gasteiger partial charge >= 0.3 is 5.97 Å². The Balaban J connectivity index is 1.45. The number of carbonyl (C=O) groups excluding carboxylic acids is 1. The summed E-state index contributed by atoms with van der Waals surface area (Å²) >= 11 is 0. The van der Waals surface area contributed by atoms with E-state index in [4.69, 9.17) is 4.74 Å². The standard InChI is InChI=1S/C25H25N5O2/c1-2-32-25(31)15-10-19-6-5-7-21(18-19)28-24-9-4-3-8-23(24)27-20-11-13-22(14-12-20)30-17-16-26-29-30/h3-9,11-14,16-18,27-28H,2,10,15H2,1H3. The Morgan fingerprint density at radius 2 is 1.69 bits per heavy atom. The Bertz CT molecular complexity index is 1160. The van der Waals surface area contributed by atoms with Crippen LogP contribution in [0.2, 0.25) is 0 Å². The average Bonchev–Trinajstić information content (AvgIpc) is 3.35. The smallest absolute Gasteiger partial charge is 0.306 e. The predicted molar refractivity (Wildman–Crippen MR) is 126 cm³/mol. The summed E-state index contributed by atoms with van der Waals surface area (Å²) in [7, 11) is 0. The molecule has 4 rings (SSSR count). The number of nitrogens with zero attached hydrogens (tertiary/aromatic N) is 3. The molecule has 0 atom stereocenters. The molecule has 2 N–H and O–H groups in total. The van der Waals surface area contributed by atoms with E-state index in [0.29, 0.717) is 19.4 Å². The first-order chi connectivity index (χ1) is 15.7. The van der Waals surface area contributed by atoms with Crippen molar-refractivity contribution in [1.82, 2.24) is 15.0 Å². The van der Waals surface area contributed by atoms with Crippen LogP contribution in [0, 0.1) is 0 Å². The first-order valence-corrected chi connectivity index (χ1v) is 10.6. The third-order valence-electron chi connectivity index (χ3n) is 4.89. The van der Waals surface area contributed by atoms with Crippen LogP contribution < -0.4 is 10.6 Å². The highest BCUT2D eigenvalue weighted by molar-refractivity contribution is 5.78. The van der Waals surface area contributed by atoms with Gasteiger partial charge in [-0.2, -0.15) is 0 Å². The Labute approximate surface area is 187 Å². The molecule has 1 heterocycles. The van der Waals surface area contributed by atoms with Crippen LogP contribution in [-0.4, -0.2) is 27.6 Å². The lowest BCUT2D eigenvalue weighted by Crippen LogP contribution is -2.05. The molecule has 4 aromatic rings. The van der Waals surface area contributed by atoms with Gasteiger partial charge in [-0.1, -0.05) is 29.5 Å². The number of nitrogens with one attached hydrogen (secondary N) is 2. The molecule has 7 nitrogen and oxygen atoms in total. The maximum absolute atomic E-state index is 11.6. The number of anilines is 4. The van der Waals surface area contributed by atoms with Gasteiger partial charge < -0.3 is 15.4 Å². The summed E-state index contributed by atoms with van der Waals surface area (Å²) in [6.45, 7) is 2.23. The molecule has 3 aromatic carbocycles. The molecule has 0 aliphatic rings. The Morgan fingerprint density at radius 3 is 2.38 bits per heavy atom. The van der Waals surface area contributed by atoms with Gasteiger partial charge in [-0.3, -0.25) is 4.79 Å². The van der Waals surface area contributed by atoms with Gasteiger partial charge in [-0.25, -0.2) is 4.68 Å². The predicted octanol–water partition coefficient (Wildman–Crippen LogP) is 5.25. The van der Waals surface area contributed by atoms with Gasteiger partial charge in [-0.05, 0) is 67.4 Å². The number of benzene rings is 3. The molecule has 0 unspecified atom stereocenters. The molecule has 0 amide bonds. The van der Waals surface area contributed by atoms with Crippen molar-refractivity contribution in [2.75, 3.05) is 17.2 Å². The molecule has 0 radical (unpaired) electrons. The van der Waals surface area contributed by atoms with Crippen molar-refractivity contribution >= 4 is 28.7 Å². The number of ether oxygens (including phenoxy) is 1. The van der Waals surface area contributed by atoms with Gasteiger partial charge in [-0.15, -0.1) is 5.10 Å². The summed E-state index contributed by atoms with van der Waals surface area (Å²) in [6.07, 6.45) is 4.48. The number of hydrogen-bond acceptors (Lipinski definition) is 6. The quantitative estimate of drug-likeness (QED) is 0.355. The Hall–Kier alpha value is -4.13. The summed E-state index contributed by atoms with van der Waals surface area (Å²) < 4.78 is 6.74. The highest BCUT2D eigenvalue weighted by atomic mass is 16.5. The number of aryl methyl sites for hydroxylation is 1. The summed E-state index contributed by atoms with van der Waals surface area (Å²) in [5, 5.41) is 14.8. The average molecular weight is 428 g/mol. The number of carbonyl (C=O) groups is 1. The van der Waals surface area contributed by atoms with E-state index in [1.807, 2.05) is 79.9 Å². The summed E-state index contributed by atoms with van der Waals surface area (Å²) in [5.41, 5.74) is 5.86. The maximum atomic E-state index is 11.6. The number of esters is 1. The zero-order valence-electron chi connectivity index (χ0n) is 17.9. The van der Waals surface area contributed by atoms with Crippen LogP contribution in [0.15, 0.2) is 85.2 Å². The number of hydrogen-bond donors (Lipinski definition) is 2. The number of para-hydroxylation sites is 2. The highest BCUT2D eigenvalue weighted by Crippen LogP contribution is 2.29. The van der Waals surface area contributed by atoms with Crippen molar-refractivity contribution in [2.24, 2.45) is 0 Å². The third-order valence-corrected chi connectivity index (χ3v) is 4.89. The molecule has 7 heteroatoms. The molecule has 0 saturated carbocycles. The Morgan fingerprint density at radius 1 is 0.938 bits per heavy atom. The van der Waals surface area contributed by atoms with Gasteiger partial charge in [0, 0.05) is 17.8 Å². The van der Waals surface area contributed by atoms with E-state index in [2.05, 4.69) is 27.0 Å². The maximum Gasteiger partial charge on any atom is 0.306 e. The summed E-state index contributed by atoms with van der Waals surface area (Å²) in [5.74, 6) is -0.171. The third kappa shape index (κ3) is 5.51. The van der Waals surface area contributed by atoms with Crippen LogP contribution in [0.1, 0.15) is 18.9 Å². The van der Waals surface area contributed by atoms with E-state index < -0.39 is 0 Å². The topological polar surface area (TPSA) is 81.1 Å². The molecule has 0 spiro atoms. The number of aromatic nitrogens is 3. The normalized spacial score (nSPS) is 10.5. The van der Waals surface area contributed by atoms with Crippen LogP contribution >= 0.6 is 0 Å². The van der Waals surface area contributed by atoms with Gasteiger partial charge in [0.25, 0.3) is 0 Å². The fraction of sp³-hybridized carbons (Fsp3) is 0.160. The summed E-state index contributed by atoms with van der Waals surface area (Å²) in [4.78, 5) is 11.6. The lowest BCUT2D eigenvalue weighted by atomic mass is 10.1. The van der Waals surface area contributed by atoms with Gasteiger partial charge in [0.2, 0.25) is 0 Å². The minimum Gasteiger partial charge on any atom is -0.466 e. The molecule has 0 bridgehead atoms. The van der Waals surface area contributed by atoms with E-state index in [9.17, 15) is 4.79 Å². The molecule has 1 aromatic heterocycles. The molecule has 162 valence electrons. The van der Waals surface area contributed by atoms with Crippen molar-refractivity contribution in [1.29, 1.82) is 0 Å². The second-order valence-electron chi connectivity index (χ2n) is 7.20. The van der Waals surface area contributed by atoms with E-state index in [1.54, 1.807) is 10.9 Å². The van der Waals surface area contributed by atoms with Crippen LogP contribution in [0.25, 0.3) is 5.69 Å². The van der Waals surface area contributed by atoms with E-state index >= 15 is 0 Å². The molecule has 0 aliphatic carbocycles. The lowest BCUT2D eigenvalue weighted by Gasteiger charge is -2.15. The van der Waals surface area contributed by atoms with Gasteiger partial charge in [0.05, 0.1) is 36.1 Å². The first-order valence-electron chi connectivity index (χ1n) is 10.6. The molecule has 32 heavy (non-hydrogen) atoms. The first kappa shape index (κ1) is 21.1. The molecule has 0 fully saturated rings. The van der Waals surface area contributed by atoms with E-state index in [-0.39, 0.29) is 5.97 Å². The second-order valence-corrected chi connectivity index (χ2v) is 7.20. The van der Waals surface area contributed by atoms with E-state index in [1.165, 1.54) is 0 Å². The van der Waals surface area contributed by atoms with Crippen molar-refractivity contribution < 1.29 is 9.53 Å². The van der Waals surface area contributed by atoms with Gasteiger partial charge in [0.1, 0.15) is 0 Å². The fourth-order valence-electron chi connectivity index (χ4n) is 3.34. The fourth-order valence-corrected chi connectivity index (χ4v) is 3.34. The highest BCUT2D eigenvalue weighted by Gasteiger charge is 2.06. The monoisotopic (exact) mass is 427 g/mol. The van der Waals surface area contributed by atoms with Crippen LogP contribution in [0.3, 0.4) is 0 Å². The second kappa shape index (κ2) is 10.3. The van der Waals surface area contributed by atoms with E-state index in [0.717, 1.165) is 34.0 Å². The minimum atomic E-state index is -0.171. The molecule has 0 aliphatic heterocycles. The van der Waals surface area contributed by atoms with Gasteiger partial charge in [0.15, 0.2) is 0 Å². The lowest BCUT2D eigenvalue weighted by molar-refractivity contribution is -0.143. The van der Waals surface area contributed by atoms with Crippen LogP contribution in [0.4, 0.5) is 22.7 Å². The largest absolute Gasteiger partial charge is 0.466 e. The molecular weight excluding hydrogens is 402 g/mol. The van der Waals surface area contributed by atoms with Crippen molar-refractivity contribution in [3.63, 3.8) is 0 Å². The van der Waals surface area contributed by atoms with Crippen LogP contribution in [-0.2, 0) is 16.0 Å². The molecular formula is C25H25N5O2. The SMILES string of the molecule is CCOC(=O)CCc1cccc(Nc2ccccc2Nc2ccc(-n3ccnn3)cc2)c1. The zero-order valence-corrected chi connectivity index (χ0v) is 17.9. The zero-order chi connectivity index (χ0) is 22.2. The Kier molecular flexibility index (Phi) is 6.77. The van der Waals surface area contributed by atoms with Crippen molar-refractivity contribution in [2.45, 2.75) is 19.8 Å².